The van der Waals surface area contributed by atoms with Crippen molar-refractivity contribution < 1.29 is 0 Å². The summed E-state index contributed by atoms with van der Waals surface area (Å²) in [6.07, 6.45) is 4.63. The first-order chi connectivity index (χ1) is 8.60. The Morgan fingerprint density at radius 2 is 2.22 bits per heavy atom. The van der Waals surface area contributed by atoms with E-state index in [2.05, 4.69) is 27.6 Å². The first kappa shape index (κ1) is 12.8. The van der Waals surface area contributed by atoms with Gasteiger partial charge < -0.3 is 10.3 Å². The Morgan fingerprint density at radius 1 is 1.44 bits per heavy atom. The van der Waals surface area contributed by atoms with Crippen molar-refractivity contribution in [2.75, 3.05) is 0 Å². The van der Waals surface area contributed by atoms with E-state index in [1.54, 1.807) is 0 Å². The third-order valence-corrected chi connectivity index (χ3v) is 2.92. The third-order valence-electron chi connectivity index (χ3n) is 2.92. The topological polar surface area (TPSA) is 61.7 Å². The van der Waals surface area contributed by atoms with E-state index in [0.29, 0.717) is 0 Å². The molecule has 0 aliphatic heterocycles. The van der Waals surface area contributed by atoms with Crippen molar-refractivity contribution in [3.8, 4) is 0 Å². The van der Waals surface area contributed by atoms with Gasteiger partial charge in [0.15, 0.2) is 0 Å². The molecule has 5 nitrogen and oxygen atoms in total. The van der Waals surface area contributed by atoms with Crippen molar-refractivity contribution in [1.29, 1.82) is 0 Å². The summed E-state index contributed by atoms with van der Waals surface area (Å²) in [7, 11) is 0. The summed E-state index contributed by atoms with van der Waals surface area (Å²) in [5, 5.41) is 4.46. The molecule has 0 aliphatic carbocycles. The van der Waals surface area contributed by atoms with Crippen molar-refractivity contribution in [3.05, 3.63) is 35.7 Å². The zero-order chi connectivity index (χ0) is 13.1. The van der Waals surface area contributed by atoms with E-state index in [1.165, 1.54) is 5.69 Å². The second kappa shape index (κ2) is 5.35. The van der Waals surface area contributed by atoms with Gasteiger partial charge >= 0.3 is 0 Å². The van der Waals surface area contributed by atoms with Gasteiger partial charge in [0.1, 0.15) is 5.82 Å². The van der Waals surface area contributed by atoms with Crippen molar-refractivity contribution >= 4 is 0 Å². The van der Waals surface area contributed by atoms with Gasteiger partial charge in [0.05, 0.1) is 17.9 Å². The van der Waals surface area contributed by atoms with E-state index in [0.717, 1.165) is 31.0 Å². The van der Waals surface area contributed by atoms with E-state index in [-0.39, 0.29) is 6.04 Å². The highest BCUT2D eigenvalue weighted by atomic mass is 15.3. The fraction of sp³-hybridized carbons (Fsp3) is 0.538. The lowest BCUT2D eigenvalue weighted by atomic mass is 10.2. The Hall–Kier alpha value is -1.62. The van der Waals surface area contributed by atoms with Gasteiger partial charge in [-0.3, -0.25) is 4.68 Å². The van der Waals surface area contributed by atoms with Gasteiger partial charge in [0.2, 0.25) is 0 Å². The number of imidazole rings is 1. The maximum Gasteiger partial charge on any atom is 0.110 e. The highest BCUT2D eigenvalue weighted by Crippen LogP contribution is 2.09. The smallest absolute Gasteiger partial charge is 0.110 e. The van der Waals surface area contributed by atoms with E-state index in [9.17, 15) is 0 Å². The Balaban J connectivity index is 2.20. The normalized spacial score (nSPS) is 12.9. The number of hydrogen-bond acceptors (Lipinski definition) is 3. The molecule has 2 heterocycles. The number of hydrogen-bond donors (Lipinski definition) is 1. The zero-order valence-corrected chi connectivity index (χ0v) is 11.3. The Bertz CT molecular complexity index is 509. The fourth-order valence-electron chi connectivity index (χ4n) is 2.14. The summed E-state index contributed by atoms with van der Waals surface area (Å²) in [6.45, 7) is 7.82. The van der Waals surface area contributed by atoms with Gasteiger partial charge in [-0.25, -0.2) is 4.98 Å². The molecule has 0 bridgehead atoms. The molecule has 1 unspecified atom stereocenters. The van der Waals surface area contributed by atoms with Gasteiger partial charge in [-0.15, -0.1) is 0 Å². The molecule has 0 spiro atoms. The van der Waals surface area contributed by atoms with Gasteiger partial charge in [-0.2, -0.15) is 5.10 Å². The van der Waals surface area contributed by atoms with Crippen LogP contribution in [0.2, 0.25) is 0 Å². The number of nitrogens with zero attached hydrogens (tertiary/aromatic N) is 4. The Kier molecular flexibility index (Phi) is 3.81. The summed E-state index contributed by atoms with van der Waals surface area (Å²) in [5.74, 6) is 1.03. The van der Waals surface area contributed by atoms with Crippen LogP contribution in [-0.2, 0) is 19.5 Å². The van der Waals surface area contributed by atoms with Crippen LogP contribution < -0.4 is 5.73 Å². The van der Waals surface area contributed by atoms with Crippen molar-refractivity contribution in [2.24, 2.45) is 5.73 Å². The molecule has 2 aromatic rings. The second-order valence-corrected chi connectivity index (χ2v) is 4.75. The number of aromatic nitrogens is 4. The van der Waals surface area contributed by atoms with Gasteiger partial charge in [0, 0.05) is 31.4 Å². The lowest BCUT2D eigenvalue weighted by Gasteiger charge is -2.10. The molecule has 0 amide bonds. The van der Waals surface area contributed by atoms with Gasteiger partial charge in [0.25, 0.3) is 0 Å². The Labute approximate surface area is 108 Å². The lowest BCUT2D eigenvalue weighted by molar-refractivity contribution is 0.580. The summed E-state index contributed by atoms with van der Waals surface area (Å²) in [6, 6.07) is 2.25. The minimum absolute atomic E-state index is 0.129. The number of aryl methyl sites for hydroxylation is 2. The first-order valence-electron chi connectivity index (χ1n) is 6.39. The highest BCUT2D eigenvalue weighted by molar-refractivity contribution is 5.11. The van der Waals surface area contributed by atoms with Crippen LogP contribution in [0.3, 0.4) is 0 Å². The molecule has 2 aromatic heterocycles. The molecule has 18 heavy (non-hydrogen) atoms. The monoisotopic (exact) mass is 247 g/mol. The van der Waals surface area contributed by atoms with Crippen molar-refractivity contribution in [1.82, 2.24) is 19.3 Å². The van der Waals surface area contributed by atoms with Gasteiger partial charge in [-0.1, -0.05) is 0 Å². The summed E-state index contributed by atoms with van der Waals surface area (Å²) >= 11 is 0. The molecule has 1 atom stereocenters. The van der Waals surface area contributed by atoms with Crippen molar-refractivity contribution in [2.45, 2.75) is 46.3 Å². The molecular formula is C13H21N5. The average Bonchev–Trinajstić information content (AvgIpc) is 2.86. The van der Waals surface area contributed by atoms with Crippen LogP contribution in [0.1, 0.15) is 31.1 Å². The molecule has 0 saturated carbocycles. The summed E-state index contributed by atoms with van der Waals surface area (Å²) in [5.41, 5.74) is 8.10. The molecule has 2 N–H and O–H groups in total. The van der Waals surface area contributed by atoms with Gasteiger partial charge in [-0.05, 0) is 26.8 Å². The minimum Gasteiger partial charge on any atom is -0.329 e. The average molecular weight is 247 g/mol. The molecule has 0 aliphatic rings. The quantitative estimate of drug-likeness (QED) is 0.867. The van der Waals surface area contributed by atoms with Crippen LogP contribution >= 0.6 is 0 Å². The predicted octanol–water partition coefficient (Wildman–Crippen LogP) is 1.35. The van der Waals surface area contributed by atoms with Crippen LogP contribution in [0.4, 0.5) is 0 Å². The molecule has 0 fully saturated rings. The highest BCUT2D eigenvalue weighted by Gasteiger charge is 2.09. The largest absolute Gasteiger partial charge is 0.329 e. The van der Waals surface area contributed by atoms with E-state index in [1.807, 2.05) is 30.9 Å². The van der Waals surface area contributed by atoms with Crippen LogP contribution in [0.5, 0.6) is 0 Å². The molecular weight excluding hydrogens is 226 g/mol. The van der Waals surface area contributed by atoms with E-state index in [4.69, 9.17) is 5.73 Å². The third kappa shape index (κ3) is 2.79. The zero-order valence-electron chi connectivity index (χ0n) is 11.3. The fourth-order valence-corrected chi connectivity index (χ4v) is 2.14. The summed E-state index contributed by atoms with van der Waals surface area (Å²) in [4.78, 5) is 4.37. The van der Waals surface area contributed by atoms with Crippen LogP contribution in [0.15, 0.2) is 18.5 Å². The number of rotatable bonds is 5. The van der Waals surface area contributed by atoms with E-state index < -0.39 is 0 Å². The molecule has 5 heteroatoms. The van der Waals surface area contributed by atoms with Crippen LogP contribution in [0, 0.1) is 6.92 Å². The lowest BCUT2D eigenvalue weighted by Crippen LogP contribution is -2.21. The van der Waals surface area contributed by atoms with Crippen molar-refractivity contribution in [3.63, 3.8) is 0 Å². The maximum absolute atomic E-state index is 5.84. The molecule has 0 aromatic carbocycles. The molecule has 98 valence electrons. The SMILES string of the molecule is CCn1nc(C)cc1Cn1ccnc1CC(C)N. The predicted molar refractivity (Wildman–Crippen MR) is 71.3 cm³/mol. The molecule has 0 saturated heterocycles. The molecule has 0 radical (unpaired) electrons. The molecule has 2 rings (SSSR count). The second-order valence-electron chi connectivity index (χ2n) is 4.75. The standard InChI is InChI=1S/C13H21N5/c1-4-18-12(8-11(3)16-18)9-17-6-5-15-13(17)7-10(2)14/h5-6,8,10H,4,7,9,14H2,1-3H3. The Morgan fingerprint density at radius 3 is 2.89 bits per heavy atom. The summed E-state index contributed by atoms with van der Waals surface area (Å²) < 4.78 is 4.18. The first-order valence-corrected chi connectivity index (χ1v) is 6.39. The van der Waals surface area contributed by atoms with E-state index >= 15 is 0 Å². The van der Waals surface area contributed by atoms with Crippen LogP contribution in [0.25, 0.3) is 0 Å². The number of nitrogens with two attached hydrogens (primary N) is 1. The maximum atomic E-state index is 5.84. The minimum atomic E-state index is 0.129. The van der Waals surface area contributed by atoms with Crippen LogP contribution in [-0.4, -0.2) is 25.4 Å².